The summed E-state index contributed by atoms with van der Waals surface area (Å²) in [5, 5.41) is 4.34. The van der Waals surface area contributed by atoms with Gasteiger partial charge >= 0.3 is 6.18 Å². The van der Waals surface area contributed by atoms with Gasteiger partial charge < -0.3 is 10.2 Å². The Balaban J connectivity index is 0.00000312. The molecule has 1 unspecified atom stereocenters. The van der Waals surface area contributed by atoms with E-state index in [4.69, 9.17) is 0 Å². The van der Waals surface area contributed by atoms with Crippen LogP contribution in [0.1, 0.15) is 16.8 Å². The average Bonchev–Trinajstić information content (AvgIpc) is 2.96. The number of hydrogen-bond donors (Lipinski definition) is 1. The van der Waals surface area contributed by atoms with Crippen molar-refractivity contribution in [2.24, 2.45) is 4.99 Å². The maximum Gasteiger partial charge on any atom is 0.403 e. The summed E-state index contributed by atoms with van der Waals surface area (Å²) in [7, 11) is 1.70. The molecule has 0 saturated carbocycles. The fourth-order valence-corrected chi connectivity index (χ4v) is 3.45. The Morgan fingerprint density at radius 2 is 2.00 bits per heavy atom. The number of rotatable bonds is 4. The fourth-order valence-electron chi connectivity index (χ4n) is 2.66. The third kappa shape index (κ3) is 6.55. The summed E-state index contributed by atoms with van der Waals surface area (Å²) < 4.78 is 38.4. The first-order valence-corrected chi connectivity index (χ1v) is 8.80. The fraction of sp³-hybridized carbons (Fsp3) is 0.733. The van der Waals surface area contributed by atoms with Gasteiger partial charge in [0.05, 0.1) is 5.01 Å². The Kier molecular flexibility index (Phi) is 8.89. The standard InChI is InChI=1S/C15H24F3N5S.HI/c1-11-10-21-13(24-11)4-5-20-14(19-3)23-8-6-22(7-9-23)12(2)15(16,17)18;/h10,12H,4-9H2,1-3H3,(H,19,20);1H. The number of aryl methyl sites for hydroxylation is 1. The van der Waals surface area contributed by atoms with E-state index >= 15 is 0 Å². The van der Waals surface area contributed by atoms with Crippen LogP contribution in [0.15, 0.2) is 11.2 Å². The minimum atomic E-state index is -4.17. The highest BCUT2D eigenvalue weighted by molar-refractivity contribution is 14.0. The Morgan fingerprint density at radius 3 is 2.48 bits per heavy atom. The predicted octanol–water partition coefficient (Wildman–Crippen LogP) is 2.76. The van der Waals surface area contributed by atoms with Crippen LogP contribution in [-0.4, -0.2) is 72.7 Å². The van der Waals surface area contributed by atoms with E-state index in [1.807, 2.05) is 18.0 Å². The number of aromatic nitrogens is 1. The molecule has 2 heterocycles. The van der Waals surface area contributed by atoms with Crippen molar-refractivity contribution in [2.45, 2.75) is 32.5 Å². The molecule has 1 aromatic heterocycles. The molecule has 0 aliphatic carbocycles. The summed E-state index contributed by atoms with van der Waals surface area (Å²) in [5.41, 5.74) is 0. The summed E-state index contributed by atoms with van der Waals surface area (Å²) >= 11 is 1.67. The summed E-state index contributed by atoms with van der Waals surface area (Å²) in [6, 6.07) is -1.40. The highest BCUT2D eigenvalue weighted by atomic mass is 127. The Hall–Kier alpha value is -0.620. The van der Waals surface area contributed by atoms with Gasteiger partial charge in [-0.1, -0.05) is 0 Å². The van der Waals surface area contributed by atoms with E-state index in [2.05, 4.69) is 15.3 Å². The lowest BCUT2D eigenvalue weighted by atomic mass is 10.2. The van der Waals surface area contributed by atoms with Crippen LogP contribution >= 0.6 is 35.3 Å². The number of alkyl halides is 3. The number of aliphatic imine (C=N–C) groups is 1. The molecule has 1 aliphatic heterocycles. The average molecular weight is 491 g/mol. The van der Waals surface area contributed by atoms with E-state index in [1.165, 1.54) is 16.7 Å². The van der Waals surface area contributed by atoms with Crippen LogP contribution < -0.4 is 5.32 Å². The molecule has 0 spiro atoms. The molecule has 0 aromatic carbocycles. The van der Waals surface area contributed by atoms with Crippen molar-refractivity contribution < 1.29 is 13.2 Å². The number of piperazine rings is 1. The molecule has 1 atom stereocenters. The molecule has 1 aliphatic rings. The first-order valence-electron chi connectivity index (χ1n) is 7.99. The molecule has 1 saturated heterocycles. The van der Waals surface area contributed by atoms with Crippen LogP contribution in [0, 0.1) is 6.92 Å². The summed E-state index contributed by atoms with van der Waals surface area (Å²) in [5.74, 6) is 0.739. The Morgan fingerprint density at radius 1 is 1.36 bits per heavy atom. The molecule has 2 rings (SSSR count). The van der Waals surface area contributed by atoms with Gasteiger partial charge in [0, 0.05) is 57.3 Å². The van der Waals surface area contributed by atoms with Gasteiger partial charge in [-0.3, -0.25) is 9.89 Å². The summed E-state index contributed by atoms with van der Waals surface area (Å²) in [4.78, 5) is 13.2. The molecule has 5 nitrogen and oxygen atoms in total. The largest absolute Gasteiger partial charge is 0.403 e. The second-order valence-corrected chi connectivity index (χ2v) is 7.15. The monoisotopic (exact) mass is 491 g/mol. The lowest BCUT2D eigenvalue weighted by Crippen LogP contribution is -2.56. The van der Waals surface area contributed by atoms with Crippen molar-refractivity contribution >= 4 is 41.3 Å². The SMILES string of the molecule is CN=C(NCCc1ncc(C)s1)N1CCN(C(C)C(F)(F)F)CC1.I. The quantitative estimate of drug-likeness (QED) is 0.400. The zero-order valence-corrected chi connectivity index (χ0v) is 17.8. The topological polar surface area (TPSA) is 43.8 Å². The molecule has 1 N–H and O–H groups in total. The maximum absolute atomic E-state index is 12.8. The van der Waals surface area contributed by atoms with Crippen molar-refractivity contribution in [3.05, 3.63) is 16.1 Å². The molecule has 1 fully saturated rings. The van der Waals surface area contributed by atoms with Gasteiger partial charge in [0.2, 0.25) is 0 Å². The van der Waals surface area contributed by atoms with Gasteiger partial charge in [-0.15, -0.1) is 35.3 Å². The van der Waals surface area contributed by atoms with E-state index in [0.717, 1.165) is 17.4 Å². The van der Waals surface area contributed by atoms with Crippen LogP contribution in [0.2, 0.25) is 0 Å². The molecule has 10 heteroatoms. The molecule has 0 bridgehead atoms. The number of halogens is 4. The lowest BCUT2D eigenvalue weighted by Gasteiger charge is -2.39. The van der Waals surface area contributed by atoms with Crippen molar-refractivity contribution in [2.75, 3.05) is 39.8 Å². The maximum atomic E-state index is 12.8. The zero-order chi connectivity index (χ0) is 17.7. The highest BCUT2D eigenvalue weighted by Gasteiger charge is 2.41. The van der Waals surface area contributed by atoms with E-state index < -0.39 is 12.2 Å². The van der Waals surface area contributed by atoms with Gasteiger partial charge in [-0.25, -0.2) is 4.98 Å². The van der Waals surface area contributed by atoms with E-state index in [-0.39, 0.29) is 24.0 Å². The normalized spacial score (nSPS) is 18.0. The van der Waals surface area contributed by atoms with Crippen molar-refractivity contribution in [3.8, 4) is 0 Å². The minimum absolute atomic E-state index is 0. The van der Waals surface area contributed by atoms with Gasteiger partial charge in [0.15, 0.2) is 5.96 Å². The number of hydrogen-bond acceptors (Lipinski definition) is 4. The van der Waals surface area contributed by atoms with Gasteiger partial charge in [0.1, 0.15) is 6.04 Å². The molecular formula is C15H25F3IN5S. The molecular weight excluding hydrogens is 466 g/mol. The van der Waals surface area contributed by atoms with Crippen LogP contribution in [0.25, 0.3) is 0 Å². The van der Waals surface area contributed by atoms with Crippen molar-refractivity contribution in [3.63, 3.8) is 0 Å². The highest BCUT2D eigenvalue weighted by Crippen LogP contribution is 2.25. The third-order valence-electron chi connectivity index (χ3n) is 4.14. The van der Waals surface area contributed by atoms with Crippen LogP contribution in [0.3, 0.4) is 0 Å². The second kappa shape index (κ2) is 9.91. The van der Waals surface area contributed by atoms with Crippen molar-refractivity contribution in [1.82, 2.24) is 20.1 Å². The molecule has 1 aromatic rings. The van der Waals surface area contributed by atoms with E-state index in [9.17, 15) is 13.2 Å². The van der Waals surface area contributed by atoms with Gasteiger partial charge in [-0.05, 0) is 13.8 Å². The van der Waals surface area contributed by atoms with Crippen LogP contribution in [0.5, 0.6) is 0 Å². The first kappa shape index (κ1) is 22.4. The van der Waals surface area contributed by atoms with Crippen LogP contribution in [0.4, 0.5) is 13.2 Å². The molecule has 144 valence electrons. The smallest absolute Gasteiger partial charge is 0.356 e. The number of nitrogens with zero attached hydrogens (tertiary/aromatic N) is 4. The zero-order valence-electron chi connectivity index (χ0n) is 14.6. The Labute approximate surface area is 167 Å². The summed E-state index contributed by atoms with van der Waals surface area (Å²) in [6.07, 6.45) is -1.51. The number of thiazole rings is 1. The van der Waals surface area contributed by atoms with E-state index in [1.54, 1.807) is 18.4 Å². The van der Waals surface area contributed by atoms with Gasteiger partial charge in [-0.2, -0.15) is 13.2 Å². The minimum Gasteiger partial charge on any atom is -0.356 e. The molecule has 0 radical (unpaired) electrons. The molecule has 0 amide bonds. The number of guanidine groups is 1. The number of nitrogens with one attached hydrogen (secondary N) is 1. The second-order valence-electron chi connectivity index (χ2n) is 5.83. The van der Waals surface area contributed by atoms with Gasteiger partial charge in [0.25, 0.3) is 0 Å². The summed E-state index contributed by atoms with van der Waals surface area (Å²) in [6.45, 7) is 5.79. The first-order chi connectivity index (χ1) is 11.3. The van der Waals surface area contributed by atoms with Crippen molar-refractivity contribution in [1.29, 1.82) is 0 Å². The third-order valence-corrected chi connectivity index (χ3v) is 5.11. The lowest BCUT2D eigenvalue weighted by molar-refractivity contribution is -0.181. The van der Waals surface area contributed by atoms with E-state index in [0.29, 0.717) is 32.7 Å². The van der Waals surface area contributed by atoms with Crippen LogP contribution in [-0.2, 0) is 6.42 Å². The predicted molar refractivity (Wildman–Crippen MR) is 106 cm³/mol. The molecule has 25 heavy (non-hydrogen) atoms. The Bertz CT molecular complexity index is 556.